The van der Waals surface area contributed by atoms with Crippen molar-refractivity contribution in [3.63, 3.8) is 0 Å². The summed E-state index contributed by atoms with van der Waals surface area (Å²) in [4.78, 5) is 9.08. The van der Waals surface area contributed by atoms with Gasteiger partial charge in [0.15, 0.2) is 5.13 Å². The molecule has 1 unspecified atom stereocenters. The van der Waals surface area contributed by atoms with Crippen LogP contribution in [0.15, 0.2) is 24.2 Å². The zero-order chi connectivity index (χ0) is 13.5. The third kappa shape index (κ3) is 4.60. The lowest BCUT2D eigenvalue weighted by Crippen LogP contribution is -2.35. The molecule has 1 fully saturated rings. The Morgan fingerprint density at radius 1 is 1.42 bits per heavy atom. The molecule has 0 amide bonds. The molecule has 0 aromatic carbocycles. The Hall–Kier alpha value is -0.910. The van der Waals surface area contributed by atoms with Crippen LogP contribution in [0.4, 0.5) is 5.13 Å². The summed E-state index contributed by atoms with van der Waals surface area (Å²) >= 11 is 1.70. The molecule has 2 rings (SSSR count). The van der Waals surface area contributed by atoms with Gasteiger partial charge in [0.05, 0.1) is 6.10 Å². The predicted molar refractivity (Wildman–Crippen MR) is 80.8 cm³/mol. The minimum atomic E-state index is -0.232. The molecule has 0 radical (unpaired) electrons. The Labute approximate surface area is 119 Å². The number of aliphatic hydroxyl groups excluding tert-OH is 1. The molecule has 1 aromatic rings. The summed E-state index contributed by atoms with van der Waals surface area (Å²) in [5, 5.41) is 13.1. The zero-order valence-corrected chi connectivity index (χ0v) is 12.2. The highest BCUT2D eigenvalue weighted by atomic mass is 32.1. The summed E-state index contributed by atoms with van der Waals surface area (Å²) in [5.41, 5.74) is 0. The first-order valence-corrected chi connectivity index (χ1v) is 7.83. The highest BCUT2D eigenvalue weighted by Crippen LogP contribution is 2.19. The lowest BCUT2D eigenvalue weighted by atomic mass is 10.2. The first kappa shape index (κ1) is 14.5. The quantitative estimate of drug-likeness (QED) is 0.809. The zero-order valence-electron chi connectivity index (χ0n) is 11.4. The third-order valence-electron chi connectivity index (χ3n) is 3.45. The van der Waals surface area contributed by atoms with Crippen LogP contribution < -0.4 is 4.90 Å². The molecular formula is C14H23N3OS. The second kappa shape index (κ2) is 7.62. The smallest absolute Gasteiger partial charge is 0.185 e. The van der Waals surface area contributed by atoms with Gasteiger partial charge in [0, 0.05) is 37.8 Å². The molecule has 1 atom stereocenters. The number of rotatable bonds is 6. The van der Waals surface area contributed by atoms with Gasteiger partial charge in [-0.05, 0) is 25.8 Å². The van der Waals surface area contributed by atoms with Gasteiger partial charge in [-0.1, -0.05) is 6.08 Å². The van der Waals surface area contributed by atoms with Crippen molar-refractivity contribution in [3.8, 4) is 0 Å². The molecule has 4 nitrogen and oxygen atoms in total. The maximum absolute atomic E-state index is 9.96. The summed E-state index contributed by atoms with van der Waals surface area (Å²) in [6.07, 6.45) is 6.34. The molecule has 0 aliphatic carbocycles. The van der Waals surface area contributed by atoms with E-state index in [4.69, 9.17) is 0 Å². The van der Waals surface area contributed by atoms with E-state index in [2.05, 4.69) is 21.4 Å². The van der Waals surface area contributed by atoms with Crippen molar-refractivity contribution >= 4 is 16.5 Å². The van der Waals surface area contributed by atoms with Gasteiger partial charge >= 0.3 is 0 Å². The molecule has 5 heteroatoms. The summed E-state index contributed by atoms with van der Waals surface area (Å²) < 4.78 is 0. The van der Waals surface area contributed by atoms with Crippen LogP contribution in [0.5, 0.6) is 0 Å². The summed E-state index contributed by atoms with van der Waals surface area (Å²) in [6, 6.07) is 0. The maximum atomic E-state index is 9.96. The summed E-state index contributed by atoms with van der Waals surface area (Å²) in [5.74, 6) is 0. The van der Waals surface area contributed by atoms with E-state index in [0.29, 0.717) is 0 Å². The molecule has 0 spiro atoms. The van der Waals surface area contributed by atoms with Gasteiger partial charge in [-0.3, -0.25) is 4.90 Å². The normalized spacial score (nSPS) is 19.1. The molecule has 1 aliphatic heterocycles. The first-order chi connectivity index (χ1) is 9.29. The molecule has 19 heavy (non-hydrogen) atoms. The Balaban J connectivity index is 1.78. The molecule has 0 saturated carbocycles. The van der Waals surface area contributed by atoms with Gasteiger partial charge in [0.25, 0.3) is 0 Å². The van der Waals surface area contributed by atoms with Crippen LogP contribution in [-0.2, 0) is 0 Å². The fourth-order valence-electron chi connectivity index (χ4n) is 2.42. The van der Waals surface area contributed by atoms with Crippen LogP contribution >= 0.6 is 11.3 Å². The standard InChI is InChI=1S/C14H23N3OS/c1-2-3-5-13(18)12-16-7-4-8-17(10-9-16)14-15-6-11-19-14/h2,6,11,13,18H,1,3-5,7-10,12H2. The number of anilines is 1. The minimum absolute atomic E-state index is 0.232. The van der Waals surface area contributed by atoms with Crippen molar-refractivity contribution in [3.05, 3.63) is 24.2 Å². The second-order valence-electron chi connectivity index (χ2n) is 4.98. The average molecular weight is 281 g/mol. The number of hydrogen-bond donors (Lipinski definition) is 1. The molecule has 2 heterocycles. The number of aliphatic hydroxyl groups is 1. The number of allylic oxidation sites excluding steroid dienone is 1. The summed E-state index contributed by atoms with van der Waals surface area (Å²) in [7, 11) is 0. The Morgan fingerprint density at radius 2 is 2.32 bits per heavy atom. The molecule has 0 bridgehead atoms. The molecule has 1 aromatic heterocycles. The summed E-state index contributed by atoms with van der Waals surface area (Å²) in [6.45, 7) is 8.60. The SMILES string of the molecule is C=CCCC(O)CN1CCCN(c2nccs2)CC1. The highest BCUT2D eigenvalue weighted by molar-refractivity contribution is 7.13. The van der Waals surface area contributed by atoms with Crippen molar-refractivity contribution in [2.75, 3.05) is 37.6 Å². The van der Waals surface area contributed by atoms with Crippen LogP contribution in [-0.4, -0.2) is 53.8 Å². The van der Waals surface area contributed by atoms with E-state index in [9.17, 15) is 5.11 Å². The lowest BCUT2D eigenvalue weighted by Gasteiger charge is -2.23. The van der Waals surface area contributed by atoms with Crippen LogP contribution in [0, 0.1) is 0 Å². The molecular weight excluding hydrogens is 258 g/mol. The Bertz CT molecular complexity index is 369. The number of hydrogen-bond acceptors (Lipinski definition) is 5. The van der Waals surface area contributed by atoms with E-state index >= 15 is 0 Å². The van der Waals surface area contributed by atoms with Crippen LogP contribution in [0.2, 0.25) is 0 Å². The minimum Gasteiger partial charge on any atom is -0.392 e. The van der Waals surface area contributed by atoms with Gasteiger partial charge in [-0.15, -0.1) is 17.9 Å². The van der Waals surface area contributed by atoms with E-state index in [0.717, 1.165) is 57.1 Å². The first-order valence-electron chi connectivity index (χ1n) is 6.95. The number of aromatic nitrogens is 1. The topological polar surface area (TPSA) is 39.6 Å². The van der Waals surface area contributed by atoms with E-state index in [-0.39, 0.29) is 6.10 Å². The van der Waals surface area contributed by atoms with Crippen molar-refractivity contribution in [2.24, 2.45) is 0 Å². The Morgan fingerprint density at radius 3 is 3.05 bits per heavy atom. The molecule has 106 valence electrons. The van der Waals surface area contributed by atoms with Gasteiger partial charge in [-0.25, -0.2) is 4.98 Å². The highest BCUT2D eigenvalue weighted by Gasteiger charge is 2.18. The van der Waals surface area contributed by atoms with Crippen LogP contribution in [0.3, 0.4) is 0 Å². The van der Waals surface area contributed by atoms with Crippen LogP contribution in [0.1, 0.15) is 19.3 Å². The maximum Gasteiger partial charge on any atom is 0.185 e. The third-order valence-corrected chi connectivity index (χ3v) is 4.28. The van der Waals surface area contributed by atoms with Crippen LogP contribution in [0.25, 0.3) is 0 Å². The van der Waals surface area contributed by atoms with Crippen molar-refractivity contribution in [1.29, 1.82) is 0 Å². The number of β-amino-alcohol motifs (C(OH)–C–C–N with tert-alkyl or cyclic N) is 1. The number of nitrogens with zero attached hydrogens (tertiary/aromatic N) is 3. The fraction of sp³-hybridized carbons (Fsp3) is 0.643. The van der Waals surface area contributed by atoms with Gasteiger partial charge in [-0.2, -0.15) is 0 Å². The monoisotopic (exact) mass is 281 g/mol. The molecule has 1 N–H and O–H groups in total. The van der Waals surface area contributed by atoms with Gasteiger partial charge in [0.2, 0.25) is 0 Å². The molecule has 1 aliphatic rings. The fourth-order valence-corrected chi connectivity index (χ4v) is 3.11. The van der Waals surface area contributed by atoms with E-state index < -0.39 is 0 Å². The number of thiazole rings is 1. The largest absolute Gasteiger partial charge is 0.392 e. The van der Waals surface area contributed by atoms with E-state index in [1.54, 1.807) is 11.3 Å². The van der Waals surface area contributed by atoms with E-state index in [1.165, 1.54) is 0 Å². The predicted octanol–water partition coefficient (Wildman–Crippen LogP) is 1.98. The van der Waals surface area contributed by atoms with Crippen molar-refractivity contribution in [1.82, 2.24) is 9.88 Å². The van der Waals surface area contributed by atoms with Gasteiger partial charge in [0.1, 0.15) is 0 Å². The molecule has 1 saturated heterocycles. The van der Waals surface area contributed by atoms with E-state index in [1.807, 2.05) is 17.7 Å². The lowest BCUT2D eigenvalue weighted by molar-refractivity contribution is 0.110. The van der Waals surface area contributed by atoms with Crippen molar-refractivity contribution in [2.45, 2.75) is 25.4 Å². The van der Waals surface area contributed by atoms with Crippen molar-refractivity contribution < 1.29 is 5.11 Å². The average Bonchev–Trinajstić information content (AvgIpc) is 2.84. The van der Waals surface area contributed by atoms with Gasteiger partial charge < -0.3 is 10.0 Å². The second-order valence-corrected chi connectivity index (χ2v) is 5.85. The Kier molecular flexibility index (Phi) is 5.82.